The number of nitrogens with one attached hydrogen (secondary N) is 2. The molecule has 0 saturated carbocycles. The van der Waals surface area contributed by atoms with Gasteiger partial charge in [-0.15, -0.1) is 0 Å². The summed E-state index contributed by atoms with van der Waals surface area (Å²) in [4.78, 5) is 25.8. The molecule has 8 nitrogen and oxygen atoms in total. The number of aromatic nitrogens is 3. The third-order valence-corrected chi connectivity index (χ3v) is 2.58. The van der Waals surface area contributed by atoms with Crippen molar-refractivity contribution in [1.29, 1.82) is 0 Å². The predicted octanol–water partition coefficient (Wildman–Crippen LogP) is -0.362. The number of nitrogens with zero attached hydrogens (tertiary/aromatic N) is 4. The highest BCUT2D eigenvalue weighted by molar-refractivity contribution is 5.81. The lowest BCUT2D eigenvalue weighted by Crippen LogP contribution is -2.48. The fourth-order valence-corrected chi connectivity index (χ4v) is 1.67. The van der Waals surface area contributed by atoms with Crippen LogP contribution in [0.3, 0.4) is 0 Å². The molecular weight excluding hydrogens is 248 g/mol. The molecular formula is C11H18N6O2. The van der Waals surface area contributed by atoms with E-state index < -0.39 is 0 Å². The minimum atomic E-state index is -0.0336. The summed E-state index contributed by atoms with van der Waals surface area (Å²) in [6.07, 6.45) is 0.877. The van der Waals surface area contributed by atoms with E-state index in [0.717, 1.165) is 6.42 Å². The molecule has 2 rings (SSSR count). The van der Waals surface area contributed by atoms with Crippen molar-refractivity contribution in [3.8, 4) is 6.01 Å². The minimum absolute atomic E-state index is 0.0336. The molecule has 0 aromatic carbocycles. The molecule has 19 heavy (non-hydrogen) atoms. The molecule has 1 aliphatic heterocycles. The lowest BCUT2D eigenvalue weighted by molar-refractivity contribution is -0.120. The molecule has 0 bridgehead atoms. The van der Waals surface area contributed by atoms with Crippen LogP contribution in [0.15, 0.2) is 0 Å². The average molecular weight is 266 g/mol. The third kappa shape index (κ3) is 3.43. The zero-order chi connectivity index (χ0) is 13.7. The first kappa shape index (κ1) is 13.3. The summed E-state index contributed by atoms with van der Waals surface area (Å²) < 4.78 is 5.43. The van der Waals surface area contributed by atoms with Crippen LogP contribution in [0, 0.1) is 0 Å². The van der Waals surface area contributed by atoms with Gasteiger partial charge in [0.05, 0.1) is 13.2 Å². The van der Waals surface area contributed by atoms with E-state index in [9.17, 15) is 4.79 Å². The second kappa shape index (κ2) is 6.17. The quantitative estimate of drug-likeness (QED) is 0.751. The molecule has 2 heterocycles. The Labute approximate surface area is 111 Å². The number of hydrogen-bond acceptors (Lipinski definition) is 7. The molecule has 0 unspecified atom stereocenters. The molecule has 2 N–H and O–H groups in total. The van der Waals surface area contributed by atoms with Gasteiger partial charge in [0.25, 0.3) is 0 Å². The molecule has 1 amide bonds. The van der Waals surface area contributed by atoms with Crippen LogP contribution in [0.5, 0.6) is 6.01 Å². The Morgan fingerprint density at radius 1 is 1.42 bits per heavy atom. The highest BCUT2D eigenvalue weighted by Crippen LogP contribution is 2.15. The maximum atomic E-state index is 11.4. The van der Waals surface area contributed by atoms with Gasteiger partial charge >= 0.3 is 6.01 Å². The van der Waals surface area contributed by atoms with Crippen LogP contribution in [0.1, 0.15) is 13.3 Å². The largest absolute Gasteiger partial charge is 0.463 e. The number of ether oxygens (including phenoxy) is 1. The van der Waals surface area contributed by atoms with Crippen molar-refractivity contribution in [2.75, 3.05) is 43.5 Å². The van der Waals surface area contributed by atoms with Gasteiger partial charge in [0.15, 0.2) is 0 Å². The molecule has 1 aromatic heterocycles. The Hall–Kier alpha value is -2.12. The first-order valence-electron chi connectivity index (χ1n) is 6.31. The van der Waals surface area contributed by atoms with Gasteiger partial charge in [-0.2, -0.15) is 15.0 Å². The first-order chi connectivity index (χ1) is 9.22. The smallest absolute Gasteiger partial charge is 0.323 e. The number of carbonyl (C=O) groups excluding carboxylic acids is 1. The van der Waals surface area contributed by atoms with Crippen molar-refractivity contribution in [1.82, 2.24) is 20.3 Å². The van der Waals surface area contributed by atoms with Crippen molar-refractivity contribution in [3.63, 3.8) is 0 Å². The minimum Gasteiger partial charge on any atom is -0.463 e. The summed E-state index contributed by atoms with van der Waals surface area (Å²) in [6, 6.07) is 0.280. The molecule has 8 heteroatoms. The zero-order valence-corrected chi connectivity index (χ0v) is 11.1. The van der Waals surface area contributed by atoms with Gasteiger partial charge in [-0.1, -0.05) is 6.92 Å². The van der Waals surface area contributed by atoms with Gasteiger partial charge in [0, 0.05) is 20.1 Å². The number of amides is 1. The van der Waals surface area contributed by atoms with Gasteiger partial charge in [-0.25, -0.2) is 0 Å². The highest BCUT2D eigenvalue weighted by Gasteiger charge is 2.20. The summed E-state index contributed by atoms with van der Waals surface area (Å²) in [6.45, 7) is 4.07. The van der Waals surface area contributed by atoms with Crippen LogP contribution in [-0.4, -0.2) is 54.1 Å². The van der Waals surface area contributed by atoms with E-state index in [1.165, 1.54) is 0 Å². The van der Waals surface area contributed by atoms with Crippen molar-refractivity contribution in [2.45, 2.75) is 13.3 Å². The molecule has 0 aliphatic carbocycles. The Balaban J connectivity index is 2.20. The van der Waals surface area contributed by atoms with Crippen molar-refractivity contribution >= 4 is 17.8 Å². The van der Waals surface area contributed by atoms with Crippen LogP contribution in [0.2, 0.25) is 0 Å². The van der Waals surface area contributed by atoms with Gasteiger partial charge in [-0.05, 0) is 6.42 Å². The van der Waals surface area contributed by atoms with E-state index in [2.05, 4.69) is 25.6 Å². The Kier molecular flexibility index (Phi) is 4.32. The van der Waals surface area contributed by atoms with E-state index in [1.807, 2.05) is 6.92 Å². The maximum absolute atomic E-state index is 11.4. The third-order valence-electron chi connectivity index (χ3n) is 2.58. The second-order valence-corrected chi connectivity index (χ2v) is 4.11. The predicted molar refractivity (Wildman–Crippen MR) is 70.4 cm³/mol. The number of rotatable bonds is 5. The summed E-state index contributed by atoms with van der Waals surface area (Å²) in [5.74, 6) is 0.857. The van der Waals surface area contributed by atoms with Gasteiger partial charge < -0.3 is 20.3 Å². The van der Waals surface area contributed by atoms with Gasteiger partial charge in [0.1, 0.15) is 0 Å². The van der Waals surface area contributed by atoms with Crippen LogP contribution in [-0.2, 0) is 4.79 Å². The fraction of sp³-hybridized carbons (Fsp3) is 0.636. The summed E-state index contributed by atoms with van der Waals surface area (Å²) in [7, 11) is 1.73. The van der Waals surface area contributed by atoms with Crippen LogP contribution in [0.25, 0.3) is 0 Å². The Morgan fingerprint density at radius 2 is 2.26 bits per heavy atom. The molecule has 0 spiro atoms. The Bertz CT molecular complexity index is 453. The number of piperazine rings is 1. The first-order valence-corrected chi connectivity index (χ1v) is 6.31. The molecule has 0 radical (unpaired) electrons. The second-order valence-electron chi connectivity index (χ2n) is 4.11. The van der Waals surface area contributed by atoms with Gasteiger partial charge in [-0.3, -0.25) is 4.79 Å². The summed E-state index contributed by atoms with van der Waals surface area (Å²) in [5, 5.41) is 5.63. The van der Waals surface area contributed by atoms with E-state index in [0.29, 0.717) is 31.6 Å². The molecule has 1 aliphatic rings. The summed E-state index contributed by atoms with van der Waals surface area (Å²) >= 11 is 0. The Morgan fingerprint density at radius 3 is 2.95 bits per heavy atom. The van der Waals surface area contributed by atoms with E-state index in [-0.39, 0.29) is 18.5 Å². The van der Waals surface area contributed by atoms with Crippen LogP contribution in [0.4, 0.5) is 11.9 Å². The van der Waals surface area contributed by atoms with Crippen molar-refractivity contribution in [2.24, 2.45) is 0 Å². The molecule has 104 valence electrons. The van der Waals surface area contributed by atoms with Crippen LogP contribution >= 0.6 is 0 Å². The van der Waals surface area contributed by atoms with Crippen molar-refractivity contribution < 1.29 is 9.53 Å². The summed E-state index contributed by atoms with van der Waals surface area (Å²) in [5.41, 5.74) is 0. The fourth-order valence-electron chi connectivity index (χ4n) is 1.67. The normalized spacial score (nSPS) is 15.1. The van der Waals surface area contributed by atoms with E-state index >= 15 is 0 Å². The lowest BCUT2D eigenvalue weighted by Gasteiger charge is -2.26. The maximum Gasteiger partial charge on any atom is 0.323 e. The van der Waals surface area contributed by atoms with E-state index in [1.54, 1.807) is 11.9 Å². The SMILES string of the molecule is CCCOc1nc(NC)nc(N2CCNC(=O)C2)n1. The van der Waals surface area contributed by atoms with Crippen LogP contribution < -0.4 is 20.3 Å². The highest BCUT2D eigenvalue weighted by atomic mass is 16.5. The average Bonchev–Trinajstić information content (AvgIpc) is 2.44. The molecule has 1 fully saturated rings. The lowest BCUT2D eigenvalue weighted by atomic mass is 10.4. The molecule has 1 aromatic rings. The number of carbonyl (C=O) groups is 1. The topological polar surface area (TPSA) is 92.3 Å². The standard InChI is InChI=1S/C11H18N6O2/c1-3-6-19-11-15-9(12-2)14-10(16-11)17-5-4-13-8(18)7-17/h3-7H2,1-2H3,(H,13,18)(H,12,14,15,16). The molecule has 0 atom stereocenters. The molecule has 1 saturated heterocycles. The van der Waals surface area contributed by atoms with Crippen molar-refractivity contribution in [3.05, 3.63) is 0 Å². The zero-order valence-electron chi connectivity index (χ0n) is 11.1. The number of hydrogen-bond donors (Lipinski definition) is 2. The van der Waals surface area contributed by atoms with E-state index in [4.69, 9.17) is 4.74 Å². The monoisotopic (exact) mass is 266 g/mol. The van der Waals surface area contributed by atoms with Gasteiger partial charge in [0.2, 0.25) is 17.8 Å². The number of anilines is 2.